The molecule has 1 unspecified atom stereocenters. The molecule has 2 aromatic carbocycles. The summed E-state index contributed by atoms with van der Waals surface area (Å²) in [6.07, 6.45) is 0.907. The highest BCUT2D eigenvalue weighted by Gasteiger charge is 2.04. The minimum absolute atomic E-state index is 0.176. The van der Waals surface area contributed by atoms with E-state index in [0.29, 0.717) is 12.0 Å². The Bertz CT molecular complexity index is 543. The van der Waals surface area contributed by atoms with Gasteiger partial charge in [0.05, 0.1) is 0 Å². The molecule has 1 N–H and O–H groups in total. The second-order valence-corrected chi connectivity index (χ2v) is 6.01. The van der Waals surface area contributed by atoms with Gasteiger partial charge in [-0.15, -0.1) is 0 Å². The summed E-state index contributed by atoms with van der Waals surface area (Å²) in [5, 5.41) is 3.52. The van der Waals surface area contributed by atoms with Gasteiger partial charge in [0.25, 0.3) is 0 Å². The van der Waals surface area contributed by atoms with E-state index in [1.54, 1.807) is 0 Å². The third kappa shape index (κ3) is 4.98. The van der Waals surface area contributed by atoms with Crippen LogP contribution in [0.25, 0.3) is 0 Å². The lowest BCUT2D eigenvalue weighted by molar-refractivity contribution is 0.544. The smallest absolute Gasteiger partial charge is 0.123 e. The lowest BCUT2D eigenvalue weighted by atomic mass is 10.0. The standard InChI is InChI=1S/C19H24FN/c1-14(2)18-8-4-17(5-9-18)13-21-15(3)12-16-6-10-19(20)11-7-16/h4-11,14-15,21H,12-13H2,1-3H3. The van der Waals surface area contributed by atoms with Crippen molar-refractivity contribution in [1.29, 1.82) is 0 Å². The van der Waals surface area contributed by atoms with Crippen LogP contribution in [0.5, 0.6) is 0 Å². The van der Waals surface area contributed by atoms with Crippen LogP contribution in [-0.2, 0) is 13.0 Å². The Morgan fingerprint density at radius 2 is 1.43 bits per heavy atom. The van der Waals surface area contributed by atoms with Gasteiger partial charge in [-0.1, -0.05) is 50.2 Å². The highest BCUT2D eigenvalue weighted by atomic mass is 19.1. The first-order chi connectivity index (χ1) is 10.0. The van der Waals surface area contributed by atoms with Crippen molar-refractivity contribution in [2.45, 2.75) is 45.7 Å². The summed E-state index contributed by atoms with van der Waals surface area (Å²) < 4.78 is 12.9. The van der Waals surface area contributed by atoms with Crippen LogP contribution in [0.2, 0.25) is 0 Å². The first-order valence-electron chi connectivity index (χ1n) is 7.61. The average molecular weight is 285 g/mol. The van der Waals surface area contributed by atoms with Crippen molar-refractivity contribution in [3.05, 3.63) is 71.0 Å². The molecular weight excluding hydrogens is 261 g/mol. The van der Waals surface area contributed by atoms with E-state index >= 15 is 0 Å². The van der Waals surface area contributed by atoms with E-state index in [1.807, 2.05) is 12.1 Å². The van der Waals surface area contributed by atoms with Gasteiger partial charge in [0.15, 0.2) is 0 Å². The second kappa shape index (κ2) is 7.37. The minimum Gasteiger partial charge on any atom is -0.310 e. The molecular formula is C19H24FN. The molecule has 2 rings (SSSR count). The van der Waals surface area contributed by atoms with Crippen LogP contribution in [0.1, 0.15) is 43.4 Å². The van der Waals surface area contributed by atoms with Gasteiger partial charge in [0.1, 0.15) is 5.82 Å². The van der Waals surface area contributed by atoms with Gasteiger partial charge >= 0.3 is 0 Å². The lowest BCUT2D eigenvalue weighted by Gasteiger charge is -2.14. The van der Waals surface area contributed by atoms with Crippen LogP contribution in [-0.4, -0.2) is 6.04 Å². The Morgan fingerprint density at radius 1 is 0.857 bits per heavy atom. The Labute approximate surface area is 127 Å². The fourth-order valence-electron chi connectivity index (χ4n) is 2.36. The molecule has 2 aromatic rings. The van der Waals surface area contributed by atoms with Gasteiger partial charge in [-0.2, -0.15) is 0 Å². The molecule has 0 spiro atoms. The summed E-state index contributed by atoms with van der Waals surface area (Å²) in [6.45, 7) is 7.43. The molecule has 0 heterocycles. The monoisotopic (exact) mass is 285 g/mol. The molecule has 0 aromatic heterocycles. The first-order valence-corrected chi connectivity index (χ1v) is 7.61. The van der Waals surface area contributed by atoms with Gasteiger partial charge < -0.3 is 5.32 Å². The van der Waals surface area contributed by atoms with E-state index in [1.165, 1.54) is 23.3 Å². The maximum atomic E-state index is 12.9. The highest BCUT2D eigenvalue weighted by molar-refractivity contribution is 5.24. The maximum Gasteiger partial charge on any atom is 0.123 e. The van der Waals surface area contributed by atoms with Crippen molar-refractivity contribution < 1.29 is 4.39 Å². The largest absolute Gasteiger partial charge is 0.310 e. The Kier molecular flexibility index (Phi) is 5.51. The number of nitrogens with one attached hydrogen (secondary N) is 1. The topological polar surface area (TPSA) is 12.0 Å². The Balaban J connectivity index is 1.83. The van der Waals surface area contributed by atoms with E-state index < -0.39 is 0 Å². The molecule has 0 saturated carbocycles. The van der Waals surface area contributed by atoms with Crippen molar-refractivity contribution in [3.63, 3.8) is 0 Å². The molecule has 0 aliphatic carbocycles. The van der Waals surface area contributed by atoms with E-state index in [4.69, 9.17) is 0 Å². The SMILES string of the molecule is CC(Cc1ccc(F)cc1)NCc1ccc(C(C)C)cc1. The highest BCUT2D eigenvalue weighted by Crippen LogP contribution is 2.14. The quantitative estimate of drug-likeness (QED) is 0.813. The molecule has 1 atom stereocenters. The number of hydrogen-bond acceptors (Lipinski definition) is 1. The number of hydrogen-bond donors (Lipinski definition) is 1. The normalized spacial score (nSPS) is 12.6. The molecule has 0 aliphatic rings. The van der Waals surface area contributed by atoms with Crippen LogP contribution in [0.4, 0.5) is 4.39 Å². The molecule has 0 bridgehead atoms. The van der Waals surface area contributed by atoms with E-state index in [2.05, 4.69) is 50.4 Å². The summed E-state index contributed by atoms with van der Waals surface area (Å²) in [5.74, 6) is 0.397. The van der Waals surface area contributed by atoms with E-state index in [0.717, 1.165) is 18.5 Å². The second-order valence-electron chi connectivity index (χ2n) is 6.01. The summed E-state index contributed by atoms with van der Waals surface area (Å²) in [6, 6.07) is 15.9. The Morgan fingerprint density at radius 3 is 2.00 bits per heavy atom. The number of benzene rings is 2. The summed E-state index contributed by atoms with van der Waals surface area (Å²) in [5.41, 5.74) is 3.83. The lowest BCUT2D eigenvalue weighted by Crippen LogP contribution is -2.27. The predicted molar refractivity (Wildman–Crippen MR) is 86.9 cm³/mol. The minimum atomic E-state index is -0.176. The van der Waals surface area contributed by atoms with Crippen molar-refractivity contribution in [3.8, 4) is 0 Å². The molecule has 0 amide bonds. The third-order valence-corrected chi connectivity index (χ3v) is 3.76. The maximum absolute atomic E-state index is 12.9. The molecule has 0 aliphatic heterocycles. The number of rotatable bonds is 6. The molecule has 0 fully saturated rings. The molecule has 0 saturated heterocycles. The van der Waals surface area contributed by atoms with E-state index in [-0.39, 0.29) is 5.82 Å². The van der Waals surface area contributed by atoms with Gasteiger partial charge in [0, 0.05) is 12.6 Å². The zero-order valence-electron chi connectivity index (χ0n) is 13.1. The van der Waals surface area contributed by atoms with Crippen molar-refractivity contribution in [1.82, 2.24) is 5.32 Å². The van der Waals surface area contributed by atoms with Crippen LogP contribution in [0, 0.1) is 5.82 Å². The first kappa shape index (κ1) is 15.7. The molecule has 1 nitrogen and oxygen atoms in total. The van der Waals surface area contributed by atoms with Crippen LogP contribution < -0.4 is 5.32 Å². The zero-order valence-corrected chi connectivity index (χ0v) is 13.1. The summed E-state index contributed by atoms with van der Waals surface area (Å²) >= 11 is 0. The van der Waals surface area contributed by atoms with Crippen LogP contribution in [0.3, 0.4) is 0 Å². The average Bonchev–Trinajstić information content (AvgIpc) is 2.48. The molecule has 21 heavy (non-hydrogen) atoms. The van der Waals surface area contributed by atoms with Gasteiger partial charge in [0.2, 0.25) is 0 Å². The summed E-state index contributed by atoms with van der Waals surface area (Å²) in [4.78, 5) is 0. The van der Waals surface area contributed by atoms with Gasteiger partial charge in [-0.25, -0.2) is 4.39 Å². The predicted octanol–water partition coefficient (Wildman–Crippen LogP) is 4.67. The zero-order chi connectivity index (χ0) is 15.2. The Hall–Kier alpha value is -1.67. The van der Waals surface area contributed by atoms with Crippen molar-refractivity contribution in [2.75, 3.05) is 0 Å². The van der Waals surface area contributed by atoms with Crippen LogP contribution in [0.15, 0.2) is 48.5 Å². The molecule has 2 heteroatoms. The third-order valence-electron chi connectivity index (χ3n) is 3.76. The van der Waals surface area contributed by atoms with Gasteiger partial charge in [-0.05, 0) is 48.1 Å². The van der Waals surface area contributed by atoms with Gasteiger partial charge in [-0.3, -0.25) is 0 Å². The number of halogens is 1. The van der Waals surface area contributed by atoms with Crippen LogP contribution >= 0.6 is 0 Å². The fraction of sp³-hybridized carbons (Fsp3) is 0.368. The summed E-state index contributed by atoms with van der Waals surface area (Å²) in [7, 11) is 0. The molecule has 112 valence electrons. The fourth-order valence-corrected chi connectivity index (χ4v) is 2.36. The molecule has 0 radical (unpaired) electrons. The van der Waals surface area contributed by atoms with Crippen molar-refractivity contribution in [2.24, 2.45) is 0 Å². The van der Waals surface area contributed by atoms with Crippen molar-refractivity contribution >= 4 is 0 Å². The van der Waals surface area contributed by atoms with E-state index in [9.17, 15) is 4.39 Å².